The van der Waals surface area contributed by atoms with Crippen LogP contribution < -0.4 is 15.8 Å². The van der Waals surface area contributed by atoms with E-state index in [1.165, 1.54) is 11.1 Å². The Kier molecular flexibility index (Phi) is 4.90. The van der Waals surface area contributed by atoms with Gasteiger partial charge in [0, 0.05) is 11.0 Å². The van der Waals surface area contributed by atoms with Crippen molar-refractivity contribution in [3.63, 3.8) is 0 Å². The number of anilines is 2. The lowest BCUT2D eigenvalue weighted by atomic mass is 10.1. The number of ether oxygens (including phenoxy) is 1. The minimum Gasteiger partial charge on any atom is -0.496 e. The van der Waals surface area contributed by atoms with Gasteiger partial charge in [-0.15, -0.1) is 0 Å². The Hall–Kier alpha value is -1.68. The highest BCUT2D eigenvalue weighted by Gasteiger charge is 2.04. The van der Waals surface area contributed by atoms with Crippen molar-refractivity contribution in [1.82, 2.24) is 0 Å². The van der Waals surface area contributed by atoms with Crippen molar-refractivity contribution >= 4 is 27.3 Å². The molecule has 2 rings (SSSR count). The quantitative estimate of drug-likeness (QED) is 0.812. The molecule has 0 unspecified atom stereocenters. The molecule has 0 saturated carbocycles. The van der Waals surface area contributed by atoms with Gasteiger partial charge in [-0.3, -0.25) is 0 Å². The number of nitrogens with one attached hydrogen (secondary N) is 1. The van der Waals surface area contributed by atoms with Crippen LogP contribution in [0.4, 0.5) is 11.4 Å². The molecule has 3 N–H and O–H groups in total. The van der Waals surface area contributed by atoms with Crippen molar-refractivity contribution in [2.24, 2.45) is 0 Å². The van der Waals surface area contributed by atoms with Crippen LogP contribution in [0.15, 0.2) is 40.9 Å². The largest absolute Gasteiger partial charge is 0.496 e. The summed E-state index contributed by atoms with van der Waals surface area (Å²) in [5.41, 5.74) is 10.1. The van der Waals surface area contributed by atoms with Crippen LogP contribution in [0, 0.1) is 6.92 Å². The fraction of sp³-hybridized carbons (Fsp3) is 0.250. The lowest BCUT2D eigenvalue weighted by molar-refractivity contribution is 0.410. The van der Waals surface area contributed by atoms with E-state index in [4.69, 9.17) is 10.5 Å². The second kappa shape index (κ2) is 6.66. The van der Waals surface area contributed by atoms with Gasteiger partial charge in [0.1, 0.15) is 5.75 Å². The Morgan fingerprint density at radius 3 is 2.75 bits per heavy atom. The third-order valence-corrected chi connectivity index (χ3v) is 3.65. The molecule has 0 spiro atoms. The number of aryl methyl sites for hydroxylation is 1. The lowest BCUT2D eigenvalue weighted by Crippen LogP contribution is -2.08. The molecular weight excluding hydrogens is 316 g/mol. The SMILES string of the molecule is COc1ccc(Br)cc1CCNc1cc(C)ccc1N. The number of methoxy groups -OCH3 is 1. The molecule has 0 aromatic heterocycles. The summed E-state index contributed by atoms with van der Waals surface area (Å²) in [6.07, 6.45) is 0.871. The molecule has 4 heteroatoms. The van der Waals surface area contributed by atoms with Crippen LogP contribution in [0.2, 0.25) is 0 Å². The molecule has 2 aromatic rings. The van der Waals surface area contributed by atoms with E-state index in [1.54, 1.807) is 7.11 Å². The molecule has 0 aliphatic heterocycles. The zero-order valence-corrected chi connectivity index (χ0v) is 13.3. The minimum absolute atomic E-state index is 0.775. The fourth-order valence-corrected chi connectivity index (χ4v) is 2.51. The molecule has 0 aliphatic rings. The molecule has 0 amide bonds. The van der Waals surface area contributed by atoms with Crippen LogP contribution >= 0.6 is 15.9 Å². The van der Waals surface area contributed by atoms with E-state index >= 15 is 0 Å². The maximum Gasteiger partial charge on any atom is 0.122 e. The second-order valence-corrected chi connectivity index (χ2v) is 5.64. The normalized spacial score (nSPS) is 10.3. The van der Waals surface area contributed by atoms with E-state index in [2.05, 4.69) is 40.3 Å². The number of nitrogen functional groups attached to an aromatic ring is 1. The van der Waals surface area contributed by atoms with Crippen molar-refractivity contribution in [3.8, 4) is 5.75 Å². The Labute approximate surface area is 128 Å². The fourth-order valence-electron chi connectivity index (χ4n) is 2.10. The topological polar surface area (TPSA) is 47.3 Å². The zero-order valence-electron chi connectivity index (χ0n) is 11.7. The first-order valence-corrected chi connectivity index (χ1v) is 7.32. The summed E-state index contributed by atoms with van der Waals surface area (Å²) in [6, 6.07) is 12.0. The molecule has 0 heterocycles. The Morgan fingerprint density at radius 2 is 2.00 bits per heavy atom. The third-order valence-electron chi connectivity index (χ3n) is 3.16. The van der Waals surface area contributed by atoms with Gasteiger partial charge in [-0.25, -0.2) is 0 Å². The van der Waals surface area contributed by atoms with Gasteiger partial charge in [0.25, 0.3) is 0 Å². The predicted octanol–water partition coefficient (Wildman–Crippen LogP) is 4.00. The van der Waals surface area contributed by atoms with Gasteiger partial charge >= 0.3 is 0 Å². The summed E-state index contributed by atoms with van der Waals surface area (Å²) in [5.74, 6) is 0.909. The summed E-state index contributed by atoms with van der Waals surface area (Å²) in [5, 5.41) is 3.38. The monoisotopic (exact) mass is 334 g/mol. The first kappa shape index (κ1) is 14.7. The molecule has 2 aromatic carbocycles. The standard InChI is InChI=1S/C16H19BrN2O/c1-11-3-5-14(18)15(9-11)19-8-7-12-10-13(17)4-6-16(12)20-2/h3-6,9-10,19H,7-8,18H2,1-2H3. The zero-order chi connectivity index (χ0) is 14.5. The van der Waals surface area contributed by atoms with E-state index in [0.29, 0.717) is 0 Å². The van der Waals surface area contributed by atoms with Gasteiger partial charge in [-0.05, 0) is 54.8 Å². The van der Waals surface area contributed by atoms with Gasteiger partial charge < -0.3 is 15.8 Å². The van der Waals surface area contributed by atoms with Gasteiger partial charge in [0.2, 0.25) is 0 Å². The lowest BCUT2D eigenvalue weighted by Gasteiger charge is -2.12. The average molecular weight is 335 g/mol. The van der Waals surface area contributed by atoms with Crippen molar-refractivity contribution < 1.29 is 4.74 Å². The Bertz CT molecular complexity index is 599. The van der Waals surface area contributed by atoms with Gasteiger partial charge in [0.05, 0.1) is 18.5 Å². The number of nitrogens with two attached hydrogens (primary N) is 1. The average Bonchev–Trinajstić information content (AvgIpc) is 2.43. The summed E-state index contributed by atoms with van der Waals surface area (Å²) in [4.78, 5) is 0. The van der Waals surface area contributed by atoms with Crippen LogP contribution in [0.3, 0.4) is 0 Å². The molecule has 3 nitrogen and oxygen atoms in total. The molecule has 0 fully saturated rings. The highest BCUT2D eigenvalue weighted by Crippen LogP contribution is 2.24. The van der Waals surface area contributed by atoms with Crippen molar-refractivity contribution in [3.05, 3.63) is 52.0 Å². The number of benzene rings is 2. The molecule has 20 heavy (non-hydrogen) atoms. The van der Waals surface area contributed by atoms with Crippen LogP contribution in [0.25, 0.3) is 0 Å². The molecule has 0 bridgehead atoms. The van der Waals surface area contributed by atoms with Crippen LogP contribution in [0.5, 0.6) is 5.75 Å². The van der Waals surface area contributed by atoms with Gasteiger partial charge in [0.15, 0.2) is 0 Å². The van der Waals surface area contributed by atoms with Gasteiger partial charge in [-0.1, -0.05) is 22.0 Å². The van der Waals surface area contributed by atoms with E-state index in [9.17, 15) is 0 Å². The molecule has 106 valence electrons. The van der Waals surface area contributed by atoms with Crippen LogP contribution in [-0.2, 0) is 6.42 Å². The maximum atomic E-state index is 5.95. The predicted molar refractivity (Wildman–Crippen MR) is 88.5 cm³/mol. The third kappa shape index (κ3) is 3.67. The molecular formula is C16H19BrN2O. The molecule has 0 aliphatic carbocycles. The van der Waals surface area contributed by atoms with Crippen molar-refractivity contribution in [2.45, 2.75) is 13.3 Å². The maximum absolute atomic E-state index is 5.95. The minimum atomic E-state index is 0.775. The number of hydrogen-bond acceptors (Lipinski definition) is 3. The van der Waals surface area contributed by atoms with E-state index in [0.717, 1.165) is 34.6 Å². The van der Waals surface area contributed by atoms with Gasteiger partial charge in [-0.2, -0.15) is 0 Å². The first-order valence-electron chi connectivity index (χ1n) is 6.52. The second-order valence-electron chi connectivity index (χ2n) is 4.72. The summed E-state index contributed by atoms with van der Waals surface area (Å²) in [7, 11) is 1.69. The van der Waals surface area contributed by atoms with Crippen molar-refractivity contribution in [1.29, 1.82) is 0 Å². The molecule has 0 radical (unpaired) electrons. The van der Waals surface area contributed by atoms with Crippen molar-refractivity contribution in [2.75, 3.05) is 24.7 Å². The summed E-state index contributed by atoms with van der Waals surface area (Å²) in [6.45, 7) is 2.86. The number of hydrogen-bond donors (Lipinski definition) is 2. The van der Waals surface area contributed by atoms with Crippen LogP contribution in [0.1, 0.15) is 11.1 Å². The van der Waals surface area contributed by atoms with Crippen LogP contribution in [-0.4, -0.2) is 13.7 Å². The molecule has 0 atom stereocenters. The highest BCUT2D eigenvalue weighted by molar-refractivity contribution is 9.10. The number of rotatable bonds is 5. The first-order chi connectivity index (χ1) is 9.60. The smallest absolute Gasteiger partial charge is 0.122 e. The molecule has 0 saturated heterocycles. The Balaban J connectivity index is 2.02. The summed E-state index contributed by atoms with van der Waals surface area (Å²) < 4.78 is 6.43. The van der Waals surface area contributed by atoms with E-state index in [-0.39, 0.29) is 0 Å². The van der Waals surface area contributed by atoms with E-state index in [1.807, 2.05) is 24.3 Å². The van der Waals surface area contributed by atoms with E-state index < -0.39 is 0 Å². The highest BCUT2D eigenvalue weighted by atomic mass is 79.9. The number of halogens is 1. The Morgan fingerprint density at radius 1 is 1.20 bits per heavy atom. The summed E-state index contributed by atoms with van der Waals surface area (Å²) >= 11 is 3.49.